The standard InChI is InChI=1S/C24H33N3O3S/c1-2-30-22(28)24(11-9-20-7-4-3-5-8-20)10-6-12-26(19-24)18-21-17-25-23(31-21)27-13-15-29-16-14-27/h3-5,7-8,17H,2,6,9-16,18-19H2,1H3/t24-/m1/s1. The van der Waals surface area contributed by atoms with Gasteiger partial charge in [0.1, 0.15) is 0 Å². The van der Waals surface area contributed by atoms with Gasteiger partial charge in [-0.15, -0.1) is 11.3 Å². The molecule has 7 heteroatoms. The molecule has 1 aromatic carbocycles. The Balaban J connectivity index is 1.43. The summed E-state index contributed by atoms with van der Waals surface area (Å²) in [4.78, 5) is 23.7. The van der Waals surface area contributed by atoms with E-state index in [1.165, 1.54) is 10.4 Å². The number of anilines is 1. The number of benzene rings is 1. The van der Waals surface area contributed by atoms with E-state index in [0.717, 1.165) is 76.8 Å². The second kappa shape index (κ2) is 10.6. The van der Waals surface area contributed by atoms with Crippen LogP contribution in [0.3, 0.4) is 0 Å². The number of nitrogens with zero attached hydrogens (tertiary/aromatic N) is 3. The maximum Gasteiger partial charge on any atom is 0.313 e. The van der Waals surface area contributed by atoms with Crippen LogP contribution >= 0.6 is 11.3 Å². The maximum absolute atomic E-state index is 13.1. The first kappa shape index (κ1) is 22.2. The number of rotatable bonds is 8. The summed E-state index contributed by atoms with van der Waals surface area (Å²) in [6.45, 7) is 8.28. The van der Waals surface area contributed by atoms with Gasteiger partial charge < -0.3 is 14.4 Å². The van der Waals surface area contributed by atoms with Crippen LogP contribution in [0.1, 0.15) is 36.6 Å². The van der Waals surface area contributed by atoms with E-state index in [0.29, 0.717) is 6.61 Å². The molecule has 2 aromatic rings. The second-order valence-electron chi connectivity index (χ2n) is 8.51. The van der Waals surface area contributed by atoms with Crippen molar-refractivity contribution < 1.29 is 14.3 Å². The quantitative estimate of drug-likeness (QED) is 0.579. The highest BCUT2D eigenvalue weighted by molar-refractivity contribution is 7.15. The van der Waals surface area contributed by atoms with E-state index in [1.807, 2.05) is 19.2 Å². The molecule has 0 amide bonds. The van der Waals surface area contributed by atoms with Crippen LogP contribution in [0.4, 0.5) is 5.13 Å². The molecule has 2 aliphatic rings. The van der Waals surface area contributed by atoms with Gasteiger partial charge in [0.2, 0.25) is 0 Å². The Morgan fingerprint density at radius 2 is 2.03 bits per heavy atom. The van der Waals surface area contributed by atoms with Crippen molar-refractivity contribution in [3.63, 3.8) is 0 Å². The number of morpholine rings is 1. The van der Waals surface area contributed by atoms with Crippen molar-refractivity contribution in [3.05, 3.63) is 47.0 Å². The molecule has 4 rings (SSSR count). The SMILES string of the molecule is CCOC(=O)[C@@]1(CCc2ccccc2)CCCN(Cc2cnc(N3CCOCC3)s2)C1. The number of carbonyl (C=O) groups is 1. The fraction of sp³-hybridized carbons (Fsp3) is 0.583. The molecule has 0 bridgehead atoms. The molecule has 0 saturated carbocycles. The predicted molar refractivity (Wildman–Crippen MR) is 123 cm³/mol. The second-order valence-corrected chi connectivity index (χ2v) is 9.60. The van der Waals surface area contributed by atoms with E-state index in [9.17, 15) is 4.79 Å². The average molecular weight is 444 g/mol. The van der Waals surface area contributed by atoms with Crippen molar-refractivity contribution in [3.8, 4) is 0 Å². The molecule has 2 saturated heterocycles. The Hall–Kier alpha value is -1.96. The third kappa shape index (κ3) is 5.64. The normalized spacial score (nSPS) is 22.4. The van der Waals surface area contributed by atoms with Crippen LogP contribution in [0.25, 0.3) is 0 Å². The monoisotopic (exact) mass is 443 g/mol. The van der Waals surface area contributed by atoms with Gasteiger partial charge in [-0.1, -0.05) is 30.3 Å². The zero-order valence-electron chi connectivity index (χ0n) is 18.4. The van der Waals surface area contributed by atoms with Gasteiger partial charge in [0, 0.05) is 37.3 Å². The molecule has 1 aromatic heterocycles. The minimum atomic E-state index is -0.429. The van der Waals surface area contributed by atoms with Crippen molar-refractivity contribution in [1.29, 1.82) is 0 Å². The van der Waals surface area contributed by atoms with E-state index < -0.39 is 5.41 Å². The minimum absolute atomic E-state index is 0.0334. The van der Waals surface area contributed by atoms with Gasteiger partial charge >= 0.3 is 5.97 Å². The molecular formula is C24H33N3O3S. The van der Waals surface area contributed by atoms with E-state index in [2.05, 4.69) is 39.0 Å². The summed E-state index contributed by atoms with van der Waals surface area (Å²) in [5.41, 5.74) is 0.850. The summed E-state index contributed by atoms with van der Waals surface area (Å²) in [6.07, 6.45) is 5.64. The fourth-order valence-electron chi connectivity index (χ4n) is 4.64. The van der Waals surface area contributed by atoms with Gasteiger partial charge in [-0.3, -0.25) is 9.69 Å². The summed E-state index contributed by atoms with van der Waals surface area (Å²) in [7, 11) is 0. The van der Waals surface area contributed by atoms with Crippen molar-refractivity contribution in [2.75, 3.05) is 50.9 Å². The van der Waals surface area contributed by atoms with Crippen molar-refractivity contribution in [2.45, 2.75) is 39.2 Å². The van der Waals surface area contributed by atoms with E-state index >= 15 is 0 Å². The number of hydrogen-bond donors (Lipinski definition) is 0. The molecule has 3 heterocycles. The maximum atomic E-state index is 13.1. The zero-order chi connectivity index (χ0) is 21.5. The molecule has 0 N–H and O–H groups in total. The van der Waals surface area contributed by atoms with Gasteiger partial charge in [-0.05, 0) is 44.7 Å². The van der Waals surface area contributed by atoms with Crippen LogP contribution in [0.2, 0.25) is 0 Å². The highest BCUT2D eigenvalue weighted by Gasteiger charge is 2.43. The molecule has 1 atom stereocenters. The summed E-state index contributed by atoms with van der Waals surface area (Å²) in [5.74, 6) is -0.0334. The highest BCUT2D eigenvalue weighted by Crippen LogP contribution is 2.37. The molecule has 2 aliphatic heterocycles. The van der Waals surface area contributed by atoms with Crippen LogP contribution in [0.15, 0.2) is 36.5 Å². The lowest BCUT2D eigenvalue weighted by Crippen LogP contribution is -2.48. The number of aromatic nitrogens is 1. The summed E-state index contributed by atoms with van der Waals surface area (Å²) >= 11 is 1.76. The highest BCUT2D eigenvalue weighted by atomic mass is 32.1. The summed E-state index contributed by atoms with van der Waals surface area (Å²) in [5, 5.41) is 1.08. The molecule has 0 radical (unpaired) electrons. The zero-order valence-corrected chi connectivity index (χ0v) is 19.2. The molecule has 6 nitrogen and oxygen atoms in total. The lowest BCUT2D eigenvalue weighted by Gasteiger charge is -2.41. The molecule has 2 fully saturated rings. The topological polar surface area (TPSA) is 54.9 Å². The Kier molecular flexibility index (Phi) is 7.58. The number of likely N-dealkylation sites (tertiary alicyclic amines) is 1. The first-order valence-corrected chi connectivity index (χ1v) is 12.2. The van der Waals surface area contributed by atoms with Crippen molar-refractivity contribution >= 4 is 22.4 Å². The van der Waals surface area contributed by atoms with Crippen LogP contribution in [-0.4, -0.2) is 61.9 Å². The largest absolute Gasteiger partial charge is 0.466 e. The van der Waals surface area contributed by atoms with Gasteiger partial charge in [-0.2, -0.15) is 0 Å². The van der Waals surface area contributed by atoms with E-state index in [4.69, 9.17) is 9.47 Å². The van der Waals surface area contributed by atoms with Gasteiger partial charge in [0.15, 0.2) is 5.13 Å². The minimum Gasteiger partial charge on any atom is -0.466 e. The first-order chi connectivity index (χ1) is 15.2. The molecular weight excluding hydrogens is 410 g/mol. The van der Waals surface area contributed by atoms with Gasteiger partial charge in [-0.25, -0.2) is 4.98 Å². The molecule has 0 aliphatic carbocycles. The van der Waals surface area contributed by atoms with Crippen molar-refractivity contribution in [2.24, 2.45) is 5.41 Å². The summed E-state index contributed by atoms with van der Waals surface area (Å²) in [6, 6.07) is 10.5. The van der Waals surface area contributed by atoms with Crippen LogP contribution in [0.5, 0.6) is 0 Å². The average Bonchev–Trinajstić information content (AvgIpc) is 3.28. The number of carbonyl (C=O) groups excluding carboxylic acids is 1. The van der Waals surface area contributed by atoms with Crippen LogP contribution < -0.4 is 4.90 Å². The van der Waals surface area contributed by atoms with Crippen LogP contribution in [0, 0.1) is 5.41 Å². The Bertz CT molecular complexity index is 838. The number of esters is 1. The predicted octanol–water partition coefficient (Wildman–Crippen LogP) is 3.76. The molecule has 0 unspecified atom stereocenters. The van der Waals surface area contributed by atoms with E-state index in [1.54, 1.807) is 11.3 Å². The summed E-state index contributed by atoms with van der Waals surface area (Å²) < 4.78 is 11.0. The Labute approximate surface area is 189 Å². The Morgan fingerprint density at radius 1 is 1.23 bits per heavy atom. The fourth-order valence-corrected chi connectivity index (χ4v) is 5.64. The lowest BCUT2D eigenvalue weighted by atomic mass is 9.75. The lowest BCUT2D eigenvalue weighted by molar-refractivity contribution is -0.160. The third-order valence-corrected chi connectivity index (χ3v) is 7.34. The van der Waals surface area contributed by atoms with Crippen molar-refractivity contribution in [1.82, 2.24) is 9.88 Å². The molecule has 31 heavy (non-hydrogen) atoms. The molecule has 0 spiro atoms. The third-order valence-electron chi connectivity index (χ3n) is 6.30. The van der Waals surface area contributed by atoms with Gasteiger partial charge in [0.25, 0.3) is 0 Å². The van der Waals surface area contributed by atoms with E-state index in [-0.39, 0.29) is 5.97 Å². The number of piperidine rings is 1. The molecule has 168 valence electrons. The van der Waals surface area contributed by atoms with Gasteiger partial charge in [0.05, 0.1) is 25.2 Å². The number of thiazole rings is 1. The smallest absolute Gasteiger partial charge is 0.313 e. The number of hydrogen-bond acceptors (Lipinski definition) is 7. The number of ether oxygens (including phenoxy) is 2. The first-order valence-electron chi connectivity index (χ1n) is 11.4. The Morgan fingerprint density at radius 3 is 2.81 bits per heavy atom. The van der Waals surface area contributed by atoms with Crippen LogP contribution in [-0.2, 0) is 27.2 Å². The number of aryl methyl sites for hydroxylation is 1.